The second-order valence-corrected chi connectivity index (χ2v) is 5.59. The Bertz CT molecular complexity index is 410. The lowest BCUT2D eigenvalue weighted by atomic mass is 10.1. The number of morpholine rings is 1. The lowest BCUT2D eigenvalue weighted by molar-refractivity contribution is -0.00554. The van der Waals surface area contributed by atoms with Gasteiger partial charge in [0, 0.05) is 13.1 Å². The third-order valence-electron chi connectivity index (χ3n) is 3.29. The molecule has 1 aliphatic rings. The van der Waals surface area contributed by atoms with Crippen molar-refractivity contribution in [2.75, 3.05) is 18.0 Å². The average Bonchev–Trinajstić information content (AvgIpc) is 2.27. The van der Waals surface area contributed by atoms with Gasteiger partial charge in [0.2, 0.25) is 0 Å². The molecule has 0 N–H and O–H groups in total. The van der Waals surface area contributed by atoms with Crippen molar-refractivity contribution < 1.29 is 4.74 Å². The number of aromatic nitrogens is 2. The lowest BCUT2D eigenvalue weighted by Gasteiger charge is -2.36. The van der Waals surface area contributed by atoms with E-state index in [9.17, 15) is 0 Å². The van der Waals surface area contributed by atoms with Crippen molar-refractivity contribution in [2.24, 2.45) is 0 Å². The fourth-order valence-corrected chi connectivity index (χ4v) is 2.44. The van der Waals surface area contributed by atoms with Crippen LogP contribution in [0.15, 0.2) is 6.07 Å². The molecule has 1 saturated heterocycles. The van der Waals surface area contributed by atoms with E-state index in [0.29, 0.717) is 5.92 Å². The second-order valence-electron chi connectivity index (χ2n) is 5.59. The van der Waals surface area contributed by atoms with E-state index in [2.05, 4.69) is 55.8 Å². The minimum absolute atomic E-state index is 0.250. The lowest BCUT2D eigenvalue weighted by Crippen LogP contribution is -2.46. The first-order chi connectivity index (χ1) is 8.47. The van der Waals surface area contributed by atoms with Gasteiger partial charge in [-0.15, -0.1) is 5.10 Å². The van der Waals surface area contributed by atoms with Gasteiger partial charge in [0.25, 0.3) is 0 Å². The van der Waals surface area contributed by atoms with Gasteiger partial charge in [0.1, 0.15) is 0 Å². The van der Waals surface area contributed by atoms with Gasteiger partial charge in [0.15, 0.2) is 5.82 Å². The topological polar surface area (TPSA) is 38.2 Å². The van der Waals surface area contributed by atoms with E-state index in [1.165, 1.54) is 5.56 Å². The quantitative estimate of drug-likeness (QED) is 0.807. The summed E-state index contributed by atoms with van der Waals surface area (Å²) in [7, 11) is 0. The van der Waals surface area contributed by atoms with Crippen LogP contribution >= 0.6 is 0 Å². The molecule has 0 aliphatic carbocycles. The van der Waals surface area contributed by atoms with Crippen LogP contribution in [0.5, 0.6) is 0 Å². The van der Waals surface area contributed by atoms with Crippen LogP contribution in [0.3, 0.4) is 0 Å². The van der Waals surface area contributed by atoms with Crippen molar-refractivity contribution >= 4 is 5.82 Å². The fourth-order valence-electron chi connectivity index (χ4n) is 2.44. The van der Waals surface area contributed by atoms with Gasteiger partial charge in [-0.25, -0.2) is 0 Å². The van der Waals surface area contributed by atoms with Crippen molar-refractivity contribution in [2.45, 2.75) is 52.7 Å². The van der Waals surface area contributed by atoms with Crippen molar-refractivity contribution in [1.82, 2.24) is 10.2 Å². The summed E-state index contributed by atoms with van der Waals surface area (Å²) in [4.78, 5) is 2.28. The molecule has 0 saturated carbocycles. The molecular weight excluding hydrogens is 226 g/mol. The van der Waals surface area contributed by atoms with Crippen LogP contribution in [0.1, 0.15) is 44.9 Å². The number of rotatable bonds is 2. The molecule has 0 aromatic carbocycles. The van der Waals surface area contributed by atoms with Gasteiger partial charge < -0.3 is 9.64 Å². The summed E-state index contributed by atoms with van der Waals surface area (Å²) in [6, 6.07) is 2.15. The standard InChI is InChI=1S/C14H23N3O/c1-9(2)13-6-10(3)14(16-15-13)17-7-11(4)18-12(5)8-17/h6,9,11-12H,7-8H2,1-5H3/t11-,12?/m0/s1. The first-order valence-corrected chi connectivity index (χ1v) is 6.72. The Kier molecular flexibility index (Phi) is 3.85. The van der Waals surface area contributed by atoms with Crippen LogP contribution in [0.4, 0.5) is 5.82 Å². The maximum Gasteiger partial charge on any atom is 0.154 e. The zero-order chi connectivity index (χ0) is 13.3. The van der Waals surface area contributed by atoms with Crippen LogP contribution in [0, 0.1) is 6.92 Å². The van der Waals surface area contributed by atoms with Crippen molar-refractivity contribution in [3.05, 3.63) is 17.3 Å². The number of hydrogen-bond acceptors (Lipinski definition) is 4. The predicted molar refractivity (Wildman–Crippen MR) is 73.1 cm³/mol. The fraction of sp³-hybridized carbons (Fsp3) is 0.714. The normalized spacial score (nSPS) is 24.7. The molecule has 0 amide bonds. The summed E-state index contributed by atoms with van der Waals surface area (Å²) in [6.07, 6.45) is 0.499. The molecule has 2 rings (SSSR count). The summed E-state index contributed by atoms with van der Waals surface area (Å²) in [5.74, 6) is 1.43. The third kappa shape index (κ3) is 2.80. The highest BCUT2D eigenvalue weighted by molar-refractivity contribution is 5.46. The zero-order valence-corrected chi connectivity index (χ0v) is 12.0. The SMILES string of the molecule is Cc1cc(C(C)C)nnc1N1CC(C)O[C@@H](C)C1. The highest BCUT2D eigenvalue weighted by atomic mass is 16.5. The van der Waals surface area contributed by atoms with Gasteiger partial charge in [-0.05, 0) is 38.3 Å². The molecule has 1 aliphatic heterocycles. The monoisotopic (exact) mass is 249 g/mol. The van der Waals surface area contributed by atoms with E-state index in [0.717, 1.165) is 24.6 Å². The van der Waals surface area contributed by atoms with E-state index >= 15 is 0 Å². The van der Waals surface area contributed by atoms with Crippen molar-refractivity contribution in [1.29, 1.82) is 0 Å². The Morgan fingerprint density at radius 2 is 1.83 bits per heavy atom. The summed E-state index contributed by atoms with van der Waals surface area (Å²) in [5, 5.41) is 8.74. The molecule has 0 spiro atoms. The molecule has 2 atom stereocenters. The smallest absolute Gasteiger partial charge is 0.154 e. The molecule has 0 radical (unpaired) electrons. The van der Waals surface area contributed by atoms with Gasteiger partial charge in [-0.2, -0.15) is 5.10 Å². The minimum atomic E-state index is 0.250. The summed E-state index contributed by atoms with van der Waals surface area (Å²) in [5.41, 5.74) is 2.26. The number of nitrogens with zero attached hydrogens (tertiary/aromatic N) is 3. The van der Waals surface area contributed by atoms with Crippen LogP contribution in [-0.2, 0) is 4.74 Å². The zero-order valence-electron chi connectivity index (χ0n) is 12.0. The molecule has 18 heavy (non-hydrogen) atoms. The van der Waals surface area contributed by atoms with Crippen LogP contribution in [0.25, 0.3) is 0 Å². The average molecular weight is 249 g/mol. The van der Waals surface area contributed by atoms with Crippen molar-refractivity contribution in [3.63, 3.8) is 0 Å². The number of ether oxygens (including phenoxy) is 1. The summed E-state index contributed by atoms with van der Waals surface area (Å²) >= 11 is 0. The summed E-state index contributed by atoms with van der Waals surface area (Å²) in [6.45, 7) is 12.4. The summed E-state index contributed by atoms with van der Waals surface area (Å²) < 4.78 is 5.75. The molecular formula is C14H23N3O. The Morgan fingerprint density at radius 1 is 1.22 bits per heavy atom. The van der Waals surface area contributed by atoms with Crippen molar-refractivity contribution in [3.8, 4) is 0 Å². The van der Waals surface area contributed by atoms with Crippen LogP contribution in [0.2, 0.25) is 0 Å². The number of anilines is 1. The van der Waals surface area contributed by atoms with Gasteiger partial charge >= 0.3 is 0 Å². The van der Waals surface area contributed by atoms with Gasteiger partial charge in [-0.1, -0.05) is 13.8 Å². The third-order valence-corrected chi connectivity index (χ3v) is 3.29. The molecule has 2 heterocycles. The van der Waals surface area contributed by atoms with E-state index in [-0.39, 0.29) is 12.2 Å². The Hall–Kier alpha value is -1.16. The molecule has 1 fully saturated rings. The Labute approximate surface area is 109 Å². The minimum Gasteiger partial charge on any atom is -0.372 e. The first-order valence-electron chi connectivity index (χ1n) is 6.72. The first kappa shape index (κ1) is 13.3. The molecule has 4 heteroatoms. The molecule has 1 aromatic heterocycles. The molecule has 1 unspecified atom stereocenters. The van der Waals surface area contributed by atoms with Gasteiger partial charge in [-0.3, -0.25) is 0 Å². The molecule has 4 nitrogen and oxygen atoms in total. The van der Waals surface area contributed by atoms with E-state index in [1.54, 1.807) is 0 Å². The molecule has 100 valence electrons. The maximum atomic E-state index is 5.75. The molecule has 1 aromatic rings. The Balaban J connectivity index is 2.22. The predicted octanol–water partition coefficient (Wildman–Crippen LogP) is 2.52. The number of hydrogen-bond donors (Lipinski definition) is 0. The number of aryl methyl sites for hydroxylation is 1. The largest absolute Gasteiger partial charge is 0.372 e. The maximum absolute atomic E-state index is 5.75. The van der Waals surface area contributed by atoms with Crippen LogP contribution in [-0.4, -0.2) is 35.5 Å². The molecule has 0 bridgehead atoms. The van der Waals surface area contributed by atoms with Crippen LogP contribution < -0.4 is 4.90 Å². The van der Waals surface area contributed by atoms with E-state index in [1.807, 2.05) is 0 Å². The van der Waals surface area contributed by atoms with Gasteiger partial charge in [0.05, 0.1) is 17.9 Å². The van der Waals surface area contributed by atoms with E-state index < -0.39 is 0 Å². The second kappa shape index (κ2) is 5.22. The Morgan fingerprint density at radius 3 is 2.33 bits per heavy atom. The highest BCUT2D eigenvalue weighted by Gasteiger charge is 2.24. The van der Waals surface area contributed by atoms with E-state index in [4.69, 9.17) is 4.74 Å². The highest BCUT2D eigenvalue weighted by Crippen LogP contribution is 2.23.